The molecule has 1 aliphatic carbocycles. The molecule has 1 aromatic heterocycles. The first-order valence-electron chi connectivity index (χ1n) is 9.66. The summed E-state index contributed by atoms with van der Waals surface area (Å²) >= 11 is 0. The number of hydrogen-bond donors (Lipinski definition) is 1. The Morgan fingerprint density at radius 2 is 1.86 bits per heavy atom. The van der Waals surface area contributed by atoms with Crippen molar-refractivity contribution in [2.24, 2.45) is 11.8 Å². The van der Waals surface area contributed by atoms with Crippen LogP contribution in [-0.2, 0) is 14.4 Å². The zero-order chi connectivity index (χ0) is 19.7. The minimum Gasteiger partial charge on any atom is -0.481 e. The van der Waals surface area contributed by atoms with Gasteiger partial charge in [0.2, 0.25) is 23.6 Å². The highest BCUT2D eigenvalue weighted by Gasteiger charge is 2.47. The lowest BCUT2D eigenvalue weighted by Gasteiger charge is -2.19. The molecule has 2 heterocycles. The molecule has 2 unspecified atom stereocenters. The summed E-state index contributed by atoms with van der Waals surface area (Å²) in [7, 11) is 1.56. The first-order valence-corrected chi connectivity index (χ1v) is 9.66. The second kappa shape index (κ2) is 7.58. The number of hydrogen-bond acceptors (Lipinski definition) is 5. The number of methoxy groups -OCH3 is 1. The van der Waals surface area contributed by atoms with Gasteiger partial charge in [0.05, 0.1) is 24.5 Å². The maximum atomic E-state index is 12.5. The molecule has 7 nitrogen and oxygen atoms in total. The number of pyridine rings is 1. The van der Waals surface area contributed by atoms with Crippen molar-refractivity contribution in [2.75, 3.05) is 19.0 Å². The Hall–Kier alpha value is -2.96. The Kier molecular flexibility index (Phi) is 4.98. The summed E-state index contributed by atoms with van der Waals surface area (Å²) in [5.74, 6) is -0.244. The number of benzene rings is 1. The third-order valence-corrected chi connectivity index (χ3v) is 5.65. The number of rotatable bonds is 5. The van der Waals surface area contributed by atoms with E-state index in [2.05, 4.69) is 10.3 Å². The van der Waals surface area contributed by atoms with Crippen LogP contribution >= 0.6 is 0 Å². The number of carbonyl (C=O) groups is 3. The van der Waals surface area contributed by atoms with Gasteiger partial charge < -0.3 is 10.1 Å². The van der Waals surface area contributed by atoms with Crippen LogP contribution in [-0.4, -0.2) is 41.3 Å². The molecular weight excluding hydrogens is 358 g/mol. The van der Waals surface area contributed by atoms with E-state index in [1.165, 1.54) is 4.90 Å². The smallest absolute Gasteiger partial charge is 0.233 e. The number of carbonyl (C=O) groups excluding carboxylic acids is 3. The van der Waals surface area contributed by atoms with Crippen LogP contribution in [0.4, 0.5) is 5.69 Å². The predicted molar refractivity (Wildman–Crippen MR) is 104 cm³/mol. The van der Waals surface area contributed by atoms with Crippen molar-refractivity contribution in [1.29, 1.82) is 0 Å². The van der Waals surface area contributed by atoms with Crippen molar-refractivity contribution in [3.63, 3.8) is 0 Å². The number of aromatic nitrogens is 1. The number of amides is 3. The van der Waals surface area contributed by atoms with Gasteiger partial charge in [-0.2, -0.15) is 0 Å². The molecule has 2 atom stereocenters. The van der Waals surface area contributed by atoms with Crippen LogP contribution in [0.2, 0.25) is 0 Å². The minimum atomic E-state index is -0.226. The molecule has 7 heteroatoms. The van der Waals surface area contributed by atoms with E-state index in [4.69, 9.17) is 4.74 Å². The first kappa shape index (κ1) is 18.4. The molecule has 1 aromatic carbocycles. The average molecular weight is 381 g/mol. The SMILES string of the molecule is COc1ccc2cc(NC(=O)CCN3C(=O)C4CCCCC4C3=O)ccc2n1. The molecular formula is C21H23N3O4. The van der Waals surface area contributed by atoms with Crippen molar-refractivity contribution in [3.8, 4) is 5.88 Å². The van der Waals surface area contributed by atoms with Gasteiger partial charge in [-0.1, -0.05) is 12.8 Å². The molecule has 28 heavy (non-hydrogen) atoms. The molecule has 2 aromatic rings. The van der Waals surface area contributed by atoms with Crippen LogP contribution < -0.4 is 10.1 Å². The van der Waals surface area contributed by atoms with Gasteiger partial charge in [-0.25, -0.2) is 4.98 Å². The molecule has 1 saturated heterocycles. The minimum absolute atomic E-state index is 0.0931. The van der Waals surface area contributed by atoms with Crippen LogP contribution in [0.25, 0.3) is 10.9 Å². The lowest BCUT2D eigenvalue weighted by molar-refractivity contribution is -0.140. The molecule has 0 spiro atoms. The number of anilines is 1. The highest BCUT2D eigenvalue weighted by molar-refractivity contribution is 6.05. The quantitative estimate of drug-likeness (QED) is 0.805. The van der Waals surface area contributed by atoms with Crippen LogP contribution in [0, 0.1) is 11.8 Å². The molecule has 4 rings (SSSR count). The monoisotopic (exact) mass is 381 g/mol. The normalized spacial score (nSPS) is 21.7. The van der Waals surface area contributed by atoms with Crippen LogP contribution in [0.15, 0.2) is 30.3 Å². The maximum absolute atomic E-state index is 12.5. The second-order valence-corrected chi connectivity index (χ2v) is 7.38. The van der Waals surface area contributed by atoms with Gasteiger partial charge in [0.1, 0.15) is 0 Å². The third kappa shape index (κ3) is 3.44. The number of ether oxygens (including phenoxy) is 1. The molecule has 2 aliphatic rings. The summed E-state index contributed by atoms with van der Waals surface area (Å²) in [6.07, 6.45) is 3.66. The lowest BCUT2D eigenvalue weighted by atomic mass is 9.81. The van der Waals surface area contributed by atoms with E-state index in [1.807, 2.05) is 18.2 Å². The molecule has 0 radical (unpaired) electrons. The van der Waals surface area contributed by atoms with Crippen LogP contribution in [0.3, 0.4) is 0 Å². The summed E-state index contributed by atoms with van der Waals surface area (Å²) in [5, 5.41) is 3.71. The Balaban J connectivity index is 1.37. The van der Waals surface area contributed by atoms with Crippen molar-refractivity contribution < 1.29 is 19.1 Å². The summed E-state index contributed by atoms with van der Waals surface area (Å²) < 4.78 is 5.11. The molecule has 3 amide bonds. The van der Waals surface area contributed by atoms with Crippen molar-refractivity contribution >= 4 is 34.3 Å². The second-order valence-electron chi connectivity index (χ2n) is 7.38. The van der Waals surface area contributed by atoms with Crippen molar-refractivity contribution in [2.45, 2.75) is 32.1 Å². The van der Waals surface area contributed by atoms with Crippen molar-refractivity contribution in [3.05, 3.63) is 30.3 Å². The highest BCUT2D eigenvalue weighted by atomic mass is 16.5. The molecule has 1 aliphatic heterocycles. The topological polar surface area (TPSA) is 88.6 Å². The fourth-order valence-corrected chi connectivity index (χ4v) is 4.19. The molecule has 146 valence electrons. The Morgan fingerprint density at radius 3 is 2.54 bits per heavy atom. The highest BCUT2D eigenvalue weighted by Crippen LogP contribution is 2.38. The summed E-state index contributed by atoms with van der Waals surface area (Å²) in [6.45, 7) is 0.142. The van der Waals surface area contributed by atoms with E-state index < -0.39 is 0 Å². The van der Waals surface area contributed by atoms with Crippen LogP contribution in [0.5, 0.6) is 5.88 Å². The maximum Gasteiger partial charge on any atom is 0.233 e. The van der Waals surface area contributed by atoms with Gasteiger partial charge >= 0.3 is 0 Å². The first-order chi connectivity index (χ1) is 13.6. The van der Waals surface area contributed by atoms with Gasteiger partial charge in [-0.15, -0.1) is 0 Å². The zero-order valence-electron chi connectivity index (χ0n) is 15.8. The van der Waals surface area contributed by atoms with Gasteiger partial charge in [-0.3, -0.25) is 19.3 Å². The fraction of sp³-hybridized carbons (Fsp3) is 0.429. The standard InChI is InChI=1S/C21H23N3O4/c1-28-19-9-6-13-12-14(7-8-17(13)23-19)22-18(25)10-11-24-20(26)15-4-2-3-5-16(15)21(24)27/h6-9,12,15-16H,2-5,10-11H2,1H3,(H,22,25). The van der Waals surface area contributed by atoms with Gasteiger partial charge in [0.25, 0.3) is 0 Å². The van der Waals surface area contributed by atoms with Gasteiger partial charge in [0.15, 0.2) is 0 Å². The van der Waals surface area contributed by atoms with E-state index >= 15 is 0 Å². The summed E-state index contributed by atoms with van der Waals surface area (Å²) in [6, 6.07) is 9.05. The third-order valence-electron chi connectivity index (χ3n) is 5.65. The zero-order valence-corrected chi connectivity index (χ0v) is 15.8. The van der Waals surface area contributed by atoms with E-state index in [9.17, 15) is 14.4 Å². The van der Waals surface area contributed by atoms with E-state index in [-0.39, 0.29) is 42.5 Å². The molecule has 1 saturated carbocycles. The Labute approximate surface area is 163 Å². The van der Waals surface area contributed by atoms with E-state index in [0.717, 1.165) is 36.6 Å². The number of imide groups is 1. The fourth-order valence-electron chi connectivity index (χ4n) is 4.19. The van der Waals surface area contributed by atoms with Crippen molar-refractivity contribution in [1.82, 2.24) is 9.88 Å². The number of nitrogens with zero attached hydrogens (tertiary/aromatic N) is 2. The predicted octanol–water partition coefficient (Wildman–Crippen LogP) is 2.75. The number of nitrogens with one attached hydrogen (secondary N) is 1. The number of fused-ring (bicyclic) bond motifs is 2. The van der Waals surface area contributed by atoms with E-state index in [1.54, 1.807) is 19.2 Å². The van der Waals surface area contributed by atoms with Gasteiger partial charge in [0, 0.05) is 30.1 Å². The number of likely N-dealkylation sites (tertiary alicyclic amines) is 1. The summed E-state index contributed by atoms with van der Waals surface area (Å²) in [5.41, 5.74) is 1.42. The average Bonchev–Trinajstić information content (AvgIpc) is 2.96. The van der Waals surface area contributed by atoms with Gasteiger partial charge in [-0.05, 0) is 37.1 Å². The molecule has 1 N–H and O–H groups in total. The lowest BCUT2D eigenvalue weighted by Crippen LogP contribution is -2.34. The summed E-state index contributed by atoms with van der Waals surface area (Å²) in [4.78, 5) is 42.9. The van der Waals surface area contributed by atoms with Crippen LogP contribution in [0.1, 0.15) is 32.1 Å². The van der Waals surface area contributed by atoms with E-state index in [0.29, 0.717) is 11.6 Å². The Bertz CT molecular complexity index is 918. The largest absolute Gasteiger partial charge is 0.481 e. The molecule has 2 fully saturated rings. The Morgan fingerprint density at radius 1 is 1.14 bits per heavy atom. The molecule has 0 bridgehead atoms.